The van der Waals surface area contributed by atoms with Crippen LogP contribution in [0.5, 0.6) is 0 Å². The van der Waals surface area contributed by atoms with E-state index in [0.717, 1.165) is 16.5 Å². The van der Waals surface area contributed by atoms with E-state index in [2.05, 4.69) is 15.6 Å². The monoisotopic (exact) mass is 245 g/mol. The maximum absolute atomic E-state index is 11.4. The Morgan fingerprint density at radius 1 is 1.22 bits per heavy atom. The molecule has 0 bridgehead atoms. The number of hydrogen-bond acceptors (Lipinski definition) is 3. The number of amides is 2. The van der Waals surface area contributed by atoms with Gasteiger partial charge in [0.15, 0.2) is 0 Å². The Morgan fingerprint density at radius 3 is 2.89 bits per heavy atom. The Labute approximate surface area is 105 Å². The number of urea groups is 1. The summed E-state index contributed by atoms with van der Waals surface area (Å²) in [6, 6.07) is 9.42. The van der Waals surface area contributed by atoms with Gasteiger partial charge in [-0.3, -0.25) is 4.98 Å². The van der Waals surface area contributed by atoms with Crippen LogP contribution in [0.2, 0.25) is 0 Å². The molecule has 18 heavy (non-hydrogen) atoms. The molecule has 0 atom stereocenters. The van der Waals surface area contributed by atoms with Crippen LogP contribution in [-0.4, -0.2) is 29.3 Å². The van der Waals surface area contributed by atoms with Crippen molar-refractivity contribution >= 4 is 16.9 Å². The molecule has 0 aliphatic carbocycles. The van der Waals surface area contributed by atoms with Crippen LogP contribution in [0, 0.1) is 0 Å². The fourth-order valence-corrected chi connectivity index (χ4v) is 1.72. The number of carbonyl (C=O) groups excluding carboxylic acids is 1. The molecule has 2 rings (SSSR count). The molecule has 0 radical (unpaired) electrons. The Morgan fingerprint density at radius 2 is 2.06 bits per heavy atom. The van der Waals surface area contributed by atoms with Crippen molar-refractivity contribution in [3.63, 3.8) is 0 Å². The average molecular weight is 245 g/mol. The third kappa shape index (κ3) is 2.95. The molecule has 0 fully saturated rings. The number of nitrogens with zero attached hydrogens (tertiary/aromatic N) is 1. The highest BCUT2D eigenvalue weighted by Gasteiger charge is 2.03. The first-order valence-electron chi connectivity index (χ1n) is 5.76. The third-order valence-electron chi connectivity index (χ3n) is 2.55. The van der Waals surface area contributed by atoms with Gasteiger partial charge in [0.25, 0.3) is 0 Å². The van der Waals surface area contributed by atoms with Gasteiger partial charge in [0.1, 0.15) is 0 Å². The first-order valence-corrected chi connectivity index (χ1v) is 5.76. The number of rotatable bonds is 4. The molecule has 2 amide bonds. The van der Waals surface area contributed by atoms with E-state index in [9.17, 15) is 4.79 Å². The molecule has 2 aromatic rings. The van der Waals surface area contributed by atoms with E-state index in [1.54, 1.807) is 6.20 Å². The highest BCUT2D eigenvalue weighted by atomic mass is 16.3. The Bertz CT molecular complexity index is 537. The molecule has 0 aliphatic heterocycles. The number of pyridine rings is 1. The molecule has 5 heteroatoms. The summed E-state index contributed by atoms with van der Waals surface area (Å²) in [4.78, 5) is 15.7. The van der Waals surface area contributed by atoms with Gasteiger partial charge >= 0.3 is 6.03 Å². The lowest BCUT2D eigenvalue weighted by Gasteiger charge is -2.08. The number of carbonyl (C=O) groups is 1. The first-order chi connectivity index (χ1) is 8.81. The van der Waals surface area contributed by atoms with Gasteiger partial charge in [-0.25, -0.2) is 4.79 Å². The number of hydrogen-bond donors (Lipinski definition) is 3. The summed E-state index contributed by atoms with van der Waals surface area (Å²) in [5.74, 6) is 0. The van der Waals surface area contributed by atoms with Crippen molar-refractivity contribution in [2.45, 2.75) is 6.54 Å². The summed E-state index contributed by atoms with van der Waals surface area (Å²) in [5.41, 5.74) is 1.86. The average Bonchev–Trinajstić information content (AvgIpc) is 2.42. The predicted molar refractivity (Wildman–Crippen MR) is 69.1 cm³/mol. The van der Waals surface area contributed by atoms with Crippen LogP contribution in [0.25, 0.3) is 10.9 Å². The van der Waals surface area contributed by atoms with Crippen molar-refractivity contribution in [1.29, 1.82) is 0 Å². The van der Waals surface area contributed by atoms with Crippen LogP contribution in [0.1, 0.15) is 5.56 Å². The van der Waals surface area contributed by atoms with Gasteiger partial charge in [-0.1, -0.05) is 24.3 Å². The molecule has 94 valence electrons. The second-order valence-corrected chi connectivity index (χ2v) is 3.83. The fraction of sp³-hybridized carbons (Fsp3) is 0.231. The van der Waals surface area contributed by atoms with E-state index < -0.39 is 0 Å². The first kappa shape index (κ1) is 12.3. The Kier molecular flexibility index (Phi) is 4.09. The molecule has 0 aliphatic rings. The van der Waals surface area contributed by atoms with Crippen molar-refractivity contribution in [2.75, 3.05) is 13.2 Å². The zero-order valence-corrected chi connectivity index (χ0v) is 9.89. The molecule has 3 N–H and O–H groups in total. The Hall–Kier alpha value is -2.14. The molecule has 5 nitrogen and oxygen atoms in total. The lowest BCUT2D eigenvalue weighted by atomic mass is 10.1. The van der Waals surface area contributed by atoms with Crippen molar-refractivity contribution in [1.82, 2.24) is 15.6 Å². The highest BCUT2D eigenvalue weighted by Crippen LogP contribution is 2.15. The quantitative estimate of drug-likeness (QED) is 0.753. The molecule has 0 saturated heterocycles. The van der Waals surface area contributed by atoms with Gasteiger partial charge in [-0.2, -0.15) is 0 Å². The van der Waals surface area contributed by atoms with Crippen LogP contribution in [0.15, 0.2) is 36.5 Å². The maximum atomic E-state index is 11.4. The van der Waals surface area contributed by atoms with Crippen LogP contribution in [0.3, 0.4) is 0 Å². The highest BCUT2D eigenvalue weighted by molar-refractivity contribution is 5.82. The number of aromatic nitrogens is 1. The number of benzene rings is 1. The van der Waals surface area contributed by atoms with Crippen molar-refractivity contribution in [3.05, 3.63) is 42.1 Å². The molecule has 0 unspecified atom stereocenters. The third-order valence-corrected chi connectivity index (χ3v) is 2.55. The van der Waals surface area contributed by atoms with Crippen LogP contribution >= 0.6 is 0 Å². The number of aliphatic hydroxyl groups is 1. The lowest BCUT2D eigenvalue weighted by molar-refractivity contribution is 0.234. The summed E-state index contributed by atoms with van der Waals surface area (Å²) >= 11 is 0. The second kappa shape index (κ2) is 5.97. The minimum absolute atomic E-state index is 0.0662. The molecule has 1 aromatic heterocycles. The minimum Gasteiger partial charge on any atom is -0.395 e. The molecule has 0 saturated carbocycles. The van der Waals surface area contributed by atoms with E-state index >= 15 is 0 Å². The van der Waals surface area contributed by atoms with Crippen molar-refractivity contribution in [2.24, 2.45) is 0 Å². The van der Waals surface area contributed by atoms with E-state index in [1.807, 2.05) is 30.3 Å². The zero-order chi connectivity index (χ0) is 12.8. The van der Waals surface area contributed by atoms with Gasteiger partial charge in [-0.05, 0) is 11.6 Å². The largest absolute Gasteiger partial charge is 0.395 e. The summed E-state index contributed by atoms with van der Waals surface area (Å²) < 4.78 is 0. The molecular weight excluding hydrogens is 230 g/mol. The molecule has 1 heterocycles. The normalized spacial score (nSPS) is 10.3. The van der Waals surface area contributed by atoms with Gasteiger partial charge in [-0.15, -0.1) is 0 Å². The van der Waals surface area contributed by atoms with E-state index in [4.69, 9.17) is 5.11 Å². The Balaban J connectivity index is 2.05. The minimum atomic E-state index is -0.294. The molecule has 0 spiro atoms. The van der Waals surface area contributed by atoms with Gasteiger partial charge in [0.2, 0.25) is 0 Å². The predicted octanol–water partition coefficient (Wildman–Crippen LogP) is 1.03. The SMILES string of the molecule is O=C(NCCO)NCc1cccc2cccnc12. The topological polar surface area (TPSA) is 74.2 Å². The van der Waals surface area contributed by atoms with E-state index in [-0.39, 0.29) is 19.2 Å². The van der Waals surface area contributed by atoms with Gasteiger partial charge < -0.3 is 15.7 Å². The maximum Gasteiger partial charge on any atom is 0.315 e. The summed E-state index contributed by atoms with van der Waals surface area (Å²) in [6.07, 6.45) is 1.73. The van der Waals surface area contributed by atoms with Crippen molar-refractivity contribution < 1.29 is 9.90 Å². The summed E-state index contributed by atoms with van der Waals surface area (Å²) in [7, 11) is 0. The van der Waals surface area contributed by atoms with Crippen LogP contribution < -0.4 is 10.6 Å². The van der Waals surface area contributed by atoms with Crippen LogP contribution in [0.4, 0.5) is 4.79 Å². The van der Waals surface area contributed by atoms with Gasteiger partial charge in [0, 0.05) is 24.7 Å². The standard InChI is InChI=1S/C13H15N3O2/c17-8-7-15-13(18)16-9-11-4-1-3-10-5-2-6-14-12(10)11/h1-6,17H,7-9H2,(H2,15,16,18). The summed E-state index contributed by atoms with van der Waals surface area (Å²) in [6.45, 7) is 0.592. The second-order valence-electron chi connectivity index (χ2n) is 3.83. The van der Waals surface area contributed by atoms with E-state index in [1.165, 1.54) is 0 Å². The number of fused-ring (bicyclic) bond motifs is 1. The zero-order valence-electron chi connectivity index (χ0n) is 9.89. The fourth-order valence-electron chi connectivity index (χ4n) is 1.72. The smallest absolute Gasteiger partial charge is 0.315 e. The number of nitrogens with one attached hydrogen (secondary N) is 2. The van der Waals surface area contributed by atoms with Gasteiger partial charge in [0.05, 0.1) is 12.1 Å². The summed E-state index contributed by atoms with van der Waals surface area (Å²) in [5, 5.41) is 14.9. The lowest BCUT2D eigenvalue weighted by Crippen LogP contribution is -2.36. The number of aliphatic hydroxyl groups excluding tert-OH is 1. The van der Waals surface area contributed by atoms with Crippen LogP contribution in [-0.2, 0) is 6.54 Å². The van der Waals surface area contributed by atoms with E-state index in [0.29, 0.717) is 6.54 Å². The molecular formula is C13H15N3O2. The molecule has 1 aromatic carbocycles. The number of para-hydroxylation sites is 1. The van der Waals surface area contributed by atoms with Crippen molar-refractivity contribution in [3.8, 4) is 0 Å².